The Kier molecular flexibility index (Phi) is 4.96. The van der Waals surface area contributed by atoms with E-state index in [1.54, 1.807) is 12.1 Å². The van der Waals surface area contributed by atoms with Gasteiger partial charge < -0.3 is 19.9 Å². The zero-order valence-electron chi connectivity index (χ0n) is 12.9. The van der Waals surface area contributed by atoms with Crippen LogP contribution in [0, 0.1) is 11.7 Å². The number of aliphatic hydroxyl groups is 1. The third-order valence-electron chi connectivity index (χ3n) is 4.79. The molecule has 0 aromatic heterocycles. The second-order valence-electron chi connectivity index (χ2n) is 6.31. The Morgan fingerprint density at radius 2 is 2.05 bits per heavy atom. The van der Waals surface area contributed by atoms with Crippen molar-refractivity contribution in [3.8, 4) is 5.75 Å². The fourth-order valence-electron chi connectivity index (χ4n) is 3.40. The van der Waals surface area contributed by atoms with Crippen molar-refractivity contribution in [2.45, 2.75) is 43.9 Å². The van der Waals surface area contributed by atoms with E-state index < -0.39 is 0 Å². The van der Waals surface area contributed by atoms with Crippen molar-refractivity contribution in [2.24, 2.45) is 5.92 Å². The molecule has 22 heavy (non-hydrogen) atoms. The molecule has 1 saturated carbocycles. The number of hydrogen-bond donors (Lipinski definition) is 2. The zero-order chi connectivity index (χ0) is 15.5. The Morgan fingerprint density at radius 1 is 1.32 bits per heavy atom. The summed E-state index contributed by atoms with van der Waals surface area (Å²) in [4.78, 5) is 0. The van der Waals surface area contributed by atoms with Crippen LogP contribution in [0.15, 0.2) is 18.2 Å². The summed E-state index contributed by atoms with van der Waals surface area (Å²) in [6.45, 7) is 1.54. The smallest absolute Gasteiger partial charge is 0.165 e. The third kappa shape index (κ3) is 3.42. The van der Waals surface area contributed by atoms with Crippen LogP contribution in [0.1, 0.15) is 37.3 Å². The average molecular weight is 309 g/mol. The Morgan fingerprint density at radius 3 is 2.64 bits per heavy atom. The van der Waals surface area contributed by atoms with Crippen molar-refractivity contribution in [1.29, 1.82) is 0 Å². The van der Waals surface area contributed by atoms with Crippen molar-refractivity contribution >= 4 is 0 Å². The van der Waals surface area contributed by atoms with Gasteiger partial charge in [0.2, 0.25) is 0 Å². The number of halogens is 1. The molecule has 3 rings (SSSR count). The summed E-state index contributed by atoms with van der Waals surface area (Å²) in [5.74, 6) is 0.284. The van der Waals surface area contributed by atoms with E-state index >= 15 is 0 Å². The molecule has 1 aliphatic carbocycles. The van der Waals surface area contributed by atoms with E-state index in [4.69, 9.17) is 9.47 Å². The van der Waals surface area contributed by atoms with Gasteiger partial charge in [-0.25, -0.2) is 4.39 Å². The molecule has 1 atom stereocenters. The minimum absolute atomic E-state index is 0.0758. The average Bonchev–Trinajstić information content (AvgIpc) is 2.51. The third-order valence-corrected chi connectivity index (χ3v) is 4.79. The highest BCUT2D eigenvalue weighted by molar-refractivity contribution is 5.31. The minimum Gasteiger partial charge on any atom is -0.494 e. The predicted octanol–water partition coefficient (Wildman–Crippen LogP) is 2.41. The first-order chi connectivity index (χ1) is 10.7. The quantitative estimate of drug-likeness (QED) is 0.877. The molecular formula is C17H24FNO3. The molecule has 0 bridgehead atoms. The van der Waals surface area contributed by atoms with Gasteiger partial charge in [0.15, 0.2) is 11.6 Å². The molecule has 0 radical (unpaired) electrons. The SMILES string of the molecule is COc1ccc([C@@H](NC2CCOCC2)C2CC(O)C2)cc1F. The predicted molar refractivity (Wildman–Crippen MR) is 81.4 cm³/mol. The summed E-state index contributed by atoms with van der Waals surface area (Å²) in [5.41, 5.74) is 0.932. The first kappa shape index (κ1) is 15.7. The van der Waals surface area contributed by atoms with E-state index in [0.717, 1.165) is 44.5 Å². The lowest BCUT2D eigenvalue weighted by Crippen LogP contribution is -2.44. The van der Waals surface area contributed by atoms with Crippen LogP contribution in [-0.4, -0.2) is 37.6 Å². The van der Waals surface area contributed by atoms with E-state index in [0.29, 0.717) is 12.0 Å². The molecule has 0 amide bonds. The van der Waals surface area contributed by atoms with Gasteiger partial charge >= 0.3 is 0 Å². The van der Waals surface area contributed by atoms with Gasteiger partial charge in [-0.05, 0) is 49.3 Å². The lowest BCUT2D eigenvalue weighted by molar-refractivity contribution is 0.0146. The van der Waals surface area contributed by atoms with Gasteiger partial charge in [-0.15, -0.1) is 0 Å². The van der Waals surface area contributed by atoms with E-state index in [9.17, 15) is 9.50 Å². The van der Waals surface area contributed by atoms with Crippen molar-refractivity contribution in [3.05, 3.63) is 29.6 Å². The molecule has 122 valence electrons. The van der Waals surface area contributed by atoms with Crippen LogP contribution >= 0.6 is 0 Å². The molecule has 0 spiro atoms. The molecule has 2 aliphatic rings. The van der Waals surface area contributed by atoms with Crippen LogP contribution in [0.5, 0.6) is 5.75 Å². The first-order valence-corrected chi connectivity index (χ1v) is 8.02. The molecule has 2 fully saturated rings. The summed E-state index contributed by atoms with van der Waals surface area (Å²) < 4.78 is 24.4. The number of benzene rings is 1. The van der Waals surface area contributed by atoms with Crippen molar-refractivity contribution in [3.63, 3.8) is 0 Å². The summed E-state index contributed by atoms with van der Waals surface area (Å²) in [7, 11) is 1.47. The van der Waals surface area contributed by atoms with Crippen LogP contribution in [0.4, 0.5) is 4.39 Å². The van der Waals surface area contributed by atoms with E-state index in [-0.39, 0.29) is 23.7 Å². The van der Waals surface area contributed by atoms with Gasteiger partial charge in [-0.1, -0.05) is 6.07 Å². The summed E-state index contributed by atoms with van der Waals surface area (Å²) in [6.07, 6.45) is 3.28. The number of nitrogens with one attached hydrogen (secondary N) is 1. The van der Waals surface area contributed by atoms with Gasteiger partial charge in [0, 0.05) is 25.3 Å². The molecule has 0 unspecified atom stereocenters. The fraction of sp³-hybridized carbons (Fsp3) is 0.647. The second kappa shape index (κ2) is 6.94. The van der Waals surface area contributed by atoms with Crippen LogP contribution in [0.3, 0.4) is 0 Å². The Hall–Kier alpha value is -1.17. The van der Waals surface area contributed by atoms with E-state index in [1.807, 2.05) is 6.07 Å². The normalized spacial score (nSPS) is 27.2. The minimum atomic E-state index is -0.335. The molecule has 5 heteroatoms. The molecule has 1 aromatic rings. The topological polar surface area (TPSA) is 50.7 Å². The summed E-state index contributed by atoms with van der Waals surface area (Å²) in [6, 6.07) is 5.62. The number of aliphatic hydroxyl groups excluding tert-OH is 1. The van der Waals surface area contributed by atoms with E-state index in [1.165, 1.54) is 7.11 Å². The van der Waals surface area contributed by atoms with Crippen LogP contribution in [0.25, 0.3) is 0 Å². The zero-order valence-corrected chi connectivity index (χ0v) is 12.9. The van der Waals surface area contributed by atoms with E-state index in [2.05, 4.69) is 5.32 Å². The van der Waals surface area contributed by atoms with Crippen molar-refractivity contribution in [1.82, 2.24) is 5.32 Å². The van der Waals surface area contributed by atoms with Crippen LogP contribution in [0.2, 0.25) is 0 Å². The molecule has 1 heterocycles. The number of rotatable bonds is 5. The Bertz CT molecular complexity index is 499. The molecule has 1 aliphatic heterocycles. The van der Waals surface area contributed by atoms with Gasteiger partial charge in [0.1, 0.15) is 0 Å². The highest BCUT2D eigenvalue weighted by atomic mass is 19.1. The maximum atomic E-state index is 14.0. The lowest BCUT2D eigenvalue weighted by atomic mass is 9.74. The number of methoxy groups -OCH3 is 1. The maximum Gasteiger partial charge on any atom is 0.165 e. The Balaban J connectivity index is 1.76. The standard InChI is InChI=1S/C17H24FNO3/c1-21-16-3-2-11(10-15(16)18)17(12-8-14(20)9-12)19-13-4-6-22-7-5-13/h2-3,10,12-14,17,19-20H,4-9H2,1H3/t12?,14?,17-/m1/s1. The largest absolute Gasteiger partial charge is 0.494 e. The van der Waals surface area contributed by atoms with Crippen LogP contribution in [-0.2, 0) is 4.74 Å². The maximum absolute atomic E-state index is 14.0. The van der Waals surface area contributed by atoms with Gasteiger partial charge in [-0.3, -0.25) is 0 Å². The number of hydrogen-bond acceptors (Lipinski definition) is 4. The van der Waals surface area contributed by atoms with Crippen molar-refractivity contribution < 1.29 is 19.0 Å². The monoisotopic (exact) mass is 309 g/mol. The molecule has 1 aromatic carbocycles. The van der Waals surface area contributed by atoms with Gasteiger partial charge in [0.05, 0.1) is 13.2 Å². The van der Waals surface area contributed by atoms with Gasteiger partial charge in [0.25, 0.3) is 0 Å². The first-order valence-electron chi connectivity index (χ1n) is 8.02. The van der Waals surface area contributed by atoms with Crippen LogP contribution < -0.4 is 10.1 Å². The summed E-state index contributed by atoms with van der Waals surface area (Å²) in [5, 5.41) is 13.3. The lowest BCUT2D eigenvalue weighted by Gasteiger charge is -2.40. The van der Waals surface area contributed by atoms with Crippen molar-refractivity contribution in [2.75, 3.05) is 20.3 Å². The molecule has 1 saturated heterocycles. The molecule has 2 N–H and O–H groups in total. The highest BCUT2D eigenvalue weighted by Crippen LogP contribution is 2.39. The fourth-order valence-corrected chi connectivity index (χ4v) is 3.40. The molecular weight excluding hydrogens is 285 g/mol. The summed E-state index contributed by atoms with van der Waals surface area (Å²) >= 11 is 0. The Labute approximate surface area is 130 Å². The molecule has 4 nitrogen and oxygen atoms in total. The highest BCUT2D eigenvalue weighted by Gasteiger charge is 2.36. The van der Waals surface area contributed by atoms with Gasteiger partial charge in [-0.2, -0.15) is 0 Å². The second-order valence-corrected chi connectivity index (χ2v) is 6.31. The number of ether oxygens (including phenoxy) is 2.